The summed E-state index contributed by atoms with van der Waals surface area (Å²) in [5.74, 6) is 0.0531. The highest BCUT2D eigenvalue weighted by atomic mass is 16.7. The van der Waals surface area contributed by atoms with Crippen LogP contribution in [0.1, 0.15) is 40.5 Å². The molecule has 1 spiro atoms. The Morgan fingerprint density at radius 1 is 1.32 bits per heavy atom. The number of rotatable bonds is 5. The minimum atomic E-state index is -0.456. The van der Waals surface area contributed by atoms with Crippen molar-refractivity contribution in [3.8, 4) is 0 Å². The van der Waals surface area contributed by atoms with Crippen LogP contribution in [0, 0.1) is 5.92 Å². The van der Waals surface area contributed by atoms with Crippen LogP contribution in [-0.4, -0.2) is 61.8 Å². The highest BCUT2D eigenvalue weighted by Crippen LogP contribution is 2.33. The molecule has 2 heterocycles. The highest BCUT2D eigenvalue weighted by molar-refractivity contribution is 5.74. The lowest BCUT2D eigenvalue weighted by Crippen LogP contribution is -2.52. The van der Waals surface area contributed by atoms with E-state index in [1.807, 2.05) is 18.7 Å². The van der Waals surface area contributed by atoms with E-state index in [9.17, 15) is 4.79 Å². The first kappa shape index (κ1) is 17.5. The van der Waals surface area contributed by atoms with E-state index in [1.165, 1.54) is 0 Å². The number of hydrogen-bond donors (Lipinski definition) is 1. The maximum absolute atomic E-state index is 12.3. The molecule has 0 radical (unpaired) electrons. The van der Waals surface area contributed by atoms with E-state index in [1.54, 1.807) is 0 Å². The van der Waals surface area contributed by atoms with Gasteiger partial charge in [-0.05, 0) is 19.8 Å². The van der Waals surface area contributed by atoms with Gasteiger partial charge in [-0.1, -0.05) is 13.8 Å². The molecule has 6 nitrogen and oxygen atoms in total. The SMILES string of the molecule is CC(C)COC[C@H](C)NC(=O)N1CCC2(CC1)OC[C@@H](C)O2. The van der Waals surface area contributed by atoms with Gasteiger partial charge in [0, 0.05) is 32.5 Å². The zero-order chi connectivity index (χ0) is 16.2. The number of carbonyl (C=O) groups is 1. The average Bonchev–Trinajstić information content (AvgIpc) is 2.80. The fourth-order valence-electron chi connectivity index (χ4n) is 2.84. The maximum Gasteiger partial charge on any atom is 0.317 e. The van der Waals surface area contributed by atoms with Crippen LogP contribution in [-0.2, 0) is 14.2 Å². The Morgan fingerprint density at radius 2 is 2.00 bits per heavy atom. The molecule has 0 aromatic heterocycles. The molecule has 2 atom stereocenters. The minimum absolute atomic E-state index is 0.0149. The zero-order valence-corrected chi connectivity index (χ0v) is 14.3. The third-order valence-electron chi connectivity index (χ3n) is 4.00. The van der Waals surface area contributed by atoms with Crippen LogP contribution in [0.4, 0.5) is 4.79 Å². The van der Waals surface area contributed by atoms with Crippen molar-refractivity contribution in [1.82, 2.24) is 10.2 Å². The molecule has 2 rings (SSSR count). The molecule has 0 bridgehead atoms. The monoisotopic (exact) mass is 314 g/mol. The van der Waals surface area contributed by atoms with Crippen LogP contribution in [0.25, 0.3) is 0 Å². The van der Waals surface area contributed by atoms with E-state index in [-0.39, 0.29) is 18.2 Å². The Morgan fingerprint density at radius 3 is 2.55 bits per heavy atom. The van der Waals surface area contributed by atoms with Crippen LogP contribution in [0.5, 0.6) is 0 Å². The number of nitrogens with zero attached hydrogens (tertiary/aromatic N) is 1. The highest BCUT2D eigenvalue weighted by Gasteiger charge is 2.43. The second kappa shape index (κ2) is 7.62. The number of amides is 2. The van der Waals surface area contributed by atoms with Gasteiger partial charge in [0.1, 0.15) is 0 Å². The standard InChI is InChI=1S/C16H30N2O4/c1-12(2)9-20-10-13(3)17-15(19)18-7-5-16(6-8-18)21-11-14(4)22-16/h12-14H,5-11H2,1-4H3,(H,17,19)/t13-,14+/m0/s1. The van der Waals surface area contributed by atoms with Gasteiger partial charge in [0.15, 0.2) is 5.79 Å². The Hall–Kier alpha value is -0.850. The summed E-state index contributed by atoms with van der Waals surface area (Å²) in [5, 5.41) is 2.99. The summed E-state index contributed by atoms with van der Waals surface area (Å²) >= 11 is 0. The first-order valence-electron chi connectivity index (χ1n) is 8.35. The number of nitrogens with one attached hydrogen (secondary N) is 1. The first-order valence-corrected chi connectivity index (χ1v) is 8.35. The molecule has 0 unspecified atom stereocenters. The average molecular weight is 314 g/mol. The number of ether oxygens (including phenoxy) is 3. The third kappa shape index (κ3) is 4.83. The van der Waals surface area contributed by atoms with Crippen molar-refractivity contribution in [3.05, 3.63) is 0 Å². The van der Waals surface area contributed by atoms with E-state index in [0.717, 1.165) is 19.4 Å². The molecule has 22 heavy (non-hydrogen) atoms. The van der Waals surface area contributed by atoms with Gasteiger partial charge in [0.25, 0.3) is 0 Å². The summed E-state index contributed by atoms with van der Waals surface area (Å²) in [4.78, 5) is 14.1. The van der Waals surface area contributed by atoms with Gasteiger partial charge in [-0.15, -0.1) is 0 Å². The van der Waals surface area contributed by atoms with Gasteiger partial charge in [-0.25, -0.2) is 4.79 Å². The molecule has 128 valence electrons. The fraction of sp³-hybridized carbons (Fsp3) is 0.938. The lowest BCUT2D eigenvalue weighted by Gasteiger charge is -2.38. The molecule has 0 aliphatic carbocycles. The van der Waals surface area contributed by atoms with Crippen LogP contribution < -0.4 is 5.32 Å². The Kier molecular flexibility index (Phi) is 6.06. The van der Waals surface area contributed by atoms with Crippen molar-refractivity contribution in [3.63, 3.8) is 0 Å². The third-order valence-corrected chi connectivity index (χ3v) is 4.00. The molecule has 2 saturated heterocycles. The maximum atomic E-state index is 12.3. The Balaban J connectivity index is 1.68. The van der Waals surface area contributed by atoms with Crippen LogP contribution >= 0.6 is 0 Å². The minimum Gasteiger partial charge on any atom is -0.379 e. The number of piperidine rings is 1. The number of carbonyl (C=O) groups excluding carboxylic acids is 1. The molecule has 0 aromatic rings. The first-order chi connectivity index (χ1) is 10.4. The van der Waals surface area contributed by atoms with E-state index < -0.39 is 5.79 Å². The summed E-state index contributed by atoms with van der Waals surface area (Å²) in [7, 11) is 0. The predicted molar refractivity (Wildman–Crippen MR) is 83.7 cm³/mol. The summed E-state index contributed by atoms with van der Waals surface area (Å²) < 4.78 is 17.2. The molecule has 0 aromatic carbocycles. The van der Waals surface area contributed by atoms with E-state index in [0.29, 0.717) is 32.2 Å². The van der Waals surface area contributed by atoms with Gasteiger partial charge in [-0.3, -0.25) is 0 Å². The number of hydrogen-bond acceptors (Lipinski definition) is 4. The topological polar surface area (TPSA) is 60.0 Å². The molecule has 2 fully saturated rings. The molecule has 0 saturated carbocycles. The lowest BCUT2D eigenvalue weighted by atomic mass is 10.0. The largest absolute Gasteiger partial charge is 0.379 e. The Labute approximate surface area is 133 Å². The van der Waals surface area contributed by atoms with E-state index in [4.69, 9.17) is 14.2 Å². The summed E-state index contributed by atoms with van der Waals surface area (Å²) in [6.45, 7) is 11.5. The zero-order valence-electron chi connectivity index (χ0n) is 14.3. The summed E-state index contributed by atoms with van der Waals surface area (Å²) in [6, 6.07) is -0.0114. The van der Waals surface area contributed by atoms with Crippen LogP contribution in [0.15, 0.2) is 0 Å². The van der Waals surface area contributed by atoms with Gasteiger partial charge in [0.2, 0.25) is 0 Å². The van der Waals surface area contributed by atoms with Crippen molar-refractivity contribution in [2.75, 3.05) is 32.9 Å². The van der Waals surface area contributed by atoms with Gasteiger partial charge >= 0.3 is 6.03 Å². The fourth-order valence-corrected chi connectivity index (χ4v) is 2.84. The van der Waals surface area contributed by atoms with Crippen molar-refractivity contribution in [1.29, 1.82) is 0 Å². The molecular weight excluding hydrogens is 284 g/mol. The summed E-state index contributed by atoms with van der Waals surface area (Å²) in [5.41, 5.74) is 0. The molecule has 6 heteroatoms. The predicted octanol–water partition coefficient (Wildman–Crippen LogP) is 1.98. The Bertz CT molecular complexity index is 367. The van der Waals surface area contributed by atoms with Crippen LogP contribution in [0.3, 0.4) is 0 Å². The number of likely N-dealkylation sites (tertiary alicyclic amines) is 1. The molecule has 2 amide bonds. The molecule has 1 N–H and O–H groups in total. The normalized spacial score (nSPS) is 25.7. The van der Waals surface area contributed by atoms with E-state index >= 15 is 0 Å². The van der Waals surface area contributed by atoms with Gasteiger partial charge < -0.3 is 24.4 Å². The van der Waals surface area contributed by atoms with Crippen molar-refractivity contribution >= 4 is 6.03 Å². The second-order valence-corrected chi connectivity index (χ2v) is 6.92. The molecular formula is C16H30N2O4. The second-order valence-electron chi connectivity index (χ2n) is 6.92. The van der Waals surface area contributed by atoms with Crippen molar-refractivity contribution < 1.29 is 19.0 Å². The smallest absolute Gasteiger partial charge is 0.317 e. The van der Waals surface area contributed by atoms with Crippen molar-refractivity contribution in [2.24, 2.45) is 5.92 Å². The number of urea groups is 1. The lowest BCUT2D eigenvalue weighted by molar-refractivity contribution is -0.189. The summed E-state index contributed by atoms with van der Waals surface area (Å²) in [6.07, 6.45) is 1.63. The van der Waals surface area contributed by atoms with E-state index in [2.05, 4.69) is 19.2 Å². The molecule has 2 aliphatic rings. The van der Waals surface area contributed by atoms with Gasteiger partial charge in [-0.2, -0.15) is 0 Å². The molecule has 2 aliphatic heterocycles. The van der Waals surface area contributed by atoms with Crippen LogP contribution in [0.2, 0.25) is 0 Å². The van der Waals surface area contributed by atoms with Crippen molar-refractivity contribution in [2.45, 2.75) is 58.5 Å². The van der Waals surface area contributed by atoms with Gasteiger partial charge in [0.05, 0.1) is 25.4 Å². The quantitative estimate of drug-likeness (QED) is 0.843.